The third-order valence-electron chi connectivity index (χ3n) is 3.88. The van der Waals surface area contributed by atoms with Gasteiger partial charge in [-0.15, -0.1) is 0 Å². The van der Waals surface area contributed by atoms with Crippen molar-refractivity contribution in [2.45, 2.75) is 59.3 Å². The maximum absolute atomic E-state index is 12.7. The number of carbonyl (C=O) groups is 2. The lowest BCUT2D eigenvalue weighted by atomic mass is 9.74. The molecule has 0 spiro atoms. The van der Waals surface area contributed by atoms with E-state index in [-0.39, 0.29) is 23.8 Å². The third kappa shape index (κ3) is 4.51. The van der Waals surface area contributed by atoms with Gasteiger partial charge in [-0.05, 0) is 26.2 Å². The van der Waals surface area contributed by atoms with Crippen LogP contribution in [-0.2, 0) is 14.3 Å². The molecule has 1 fully saturated rings. The van der Waals surface area contributed by atoms with Gasteiger partial charge in [0.25, 0.3) is 0 Å². The zero-order valence-electron chi connectivity index (χ0n) is 12.5. The van der Waals surface area contributed by atoms with Gasteiger partial charge in [0.05, 0.1) is 6.61 Å². The molecule has 4 nitrogen and oxygen atoms in total. The van der Waals surface area contributed by atoms with E-state index in [4.69, 9.17) is 4.74 Å². The summed E-state index contributed by atoms with van der Waals surface area (Å²) < 4.78 is 4.96. The molecule has 0 aromatic carbocycles. The highest BCUT2D eigenvalue weighted by molar-refractivity contribution is 5.86. The van der Waals surface area contributed by atoms with Crippen LogP contribution in [0.5, 0.6) is 0 Å². The zero-order valence-corrected chi connectivity index (χ0v) is 12.5. The average Bonchev–Trinajstić information content (AvgIpc) is 2.38. The number of esters is 1. The van der Waals surface area contributed by atoms with Crippen LogP contribution in [0.2, 0.25) is 0 Å². The Hall–Kier alpha value is -1.06. The fourth-order valence-electron chi connectivity index (χ4n) is 2.81. The quantitative estimate of drug-likeness (QED) is 0.697. The number of ether oxygens (including phenoxy) is 1. The minimum atomic E-state index is -0.302. The Balaban J connectivity index is 2.68. The molecule has 0 saturated heterocycles. The summed E-state index contributed by atoms with van der Waals surface area (Å²) in [6, 6.07) is 0. The van der Waals surface area contributed by atoms with Gasteiger partial charge >= 0.3 is 5.97 Å². The molecule has 1 aliphatic rings. The Morgan fingerprint density at radius 2 is 1.79 bits per heavy atom. The van der Waals surface area contributed by atoms with Crippen LogP contribution >= 0.6 is 0 Å². The number of hydrogen-bond acceptors (Lipinski definition) is 3. The van der Waals surface area contributed by atoms with E-state index in [9.17, 15) is 9.59 Å². The molecule has 1 aliphatic carbocycles. The average molecular weight is 269 g/mol. The molecule has 1 amide bonds. The molecule has 4 heteroatoms. The lowest BCUT2D eigenvalue weighted by Gasteiger charge is -2.36. The third-order valence-corrected chi connectivity index (χ3v) is 3.88. The molecule has 0 aromatic heterocycles. The number of rotatable bonds is 6. The van der Waals surface area contributed by atoms with E-state index < -0.39 is 0 Å². The first kappa shape index (κ1) is 16.0. The van der Waals surface area contributed by atoms with Crippen LogP contribution in [0.1, 0.15) is 59.3 Å². The molecule has 0 aliphatic heterocycles. The van der Waals surface area contributed by atoms with Gasteiger partial charge in [0, 0.05) is 12.0 Å². The predicted octanol–water partition coefficient (Wildman–Crippen LogP) is 2.76. The van der Waals surface area contributed by atoms with E-state index in [1.54, 1.807) is 11.8 Å². The fourth-order valence-corrected chi connectivity index (χ4v) is 2.81. The van der Waals surface area contributed by atoms with Crippen LogP contribution in [-0.4, -0.2) is 36.5 Å². The van der Waals surface area contributed by atoms with E-state index in [1.807, 2.05) is 13.8 Å². The van der Waals surface area contributed by atoms with Crippen molar-refractivity contribution in [1.82, 2.24) is 4.90 Å². The lowest BCUT2D eigenvalue weighted by Crippen LogP contribution is -2.46. The van der Waals surface area contributed by atoms with E-state index in [2.05, 4.69) is 0 Å². The van der Waals surface area contributed by atoms with E-state index in [0.717, 1.165) is 32.1 Å². The topological polar surface area (TPSA) is 46.6 Å². The molecule has 0 aromatic rings. The van der Waals surface area contributed by atoms with Crippen molar-refractivity contribution < 1.29 is 14.3 Å². The Kier molecular flexibility index (Phi) is 6.32. The Bertz CT molecular complexity index is 309. The zero-order chi connectivity index (χ0) is 14.3. The highest BCUT2D eigenvalue weighted by Crippen LogP contribution is 2.37. The van der Waals surface area contributed by atoms with Crippen molar-refractivity contribution in [2.75, 3.05) is 19.7 Å². The normalized spacial score (nSPS) is 17.8. The molecule has 1 rings (SSSR count). The van der Waals surface area contributed by atoms with E-state index in [0.29, 0.717) is 13.2 Å². The van der Waals surface area contributed by atoms with Crippen LogP contribution in [0.4, 0.5) is 0 Å². The molecule has 0 unspecified atom stereocenters. The minimum Gasteiger partial charge on any atom is -0.465 e. The second-order valence-corrected chi connectivity index (χ2v) is 5.65. The number of amides is 1. The van der Waals surface area contributed by atoms with E-state index >= 15 is 0 Å². The van der Waals surface area contributed by atoms with Crippen molar-refractivity contribution in [3.05, 3.63) is 0 Å². The van der Waals surface area contributed by atoms with Gasteiger partial charge in [0.15, 0.2) is 0 Å². The van der Waals surface area contributed by atoms with E-state index in [1.165, 1.54) is 6.42 Å². The predicted molar refractivity (Wildman–Crippen MR) is 74.7 cm³/mol. The first-order valence-electron chi connectivity index (χ1n) is 7.48. The molecular weight excluding hydrogens is 242 g/mol. The summed E-state index contributed by atoms with van der Waals surface area (Å²) in [6.07, 6.45) is 6.18. The molecule has 1 saturated carbocycles. The van der Waals surface area contributed by atoms with Gasteiger partial charge in [-0.1, -0.05) is 33.1 Å². The second-order valence-electron chi connectivity index (χ2n) is 5.65. The van der Waals surface area contributed by atoms with Gasteiger partial charge < -0.3 is 9.64 Å². The smallest absolute Gasteiger partial charge is 0.325 e. The highest BCUT2D eigenvalue weighted by Gasteiger charge is 2.37. The summed E-state index contributed by atoms with van der Waals surface area (Å²) in [5, 5.41) is 0. The number of nitrogens with zero attached hydrogens (tertiary/aromatic N) is 1. The van der Waals surface area contributed by atoms with Crippen LogP contribution < -0.4 is 0 Å². The van der Waals surface area contributed by atoms with Crippen molar-refractivity contribution in [1.29, 1.82) is 0 Å². The van der Waals surface area contributed by atoms with Crippen molar-refractivity contribution >= 4 is 11.9 Å². The van der Waals surface area contributed by atoms with Gasteiger partial charge in [0.1, 0.15) is 6.54 Å². The Morgan fingerprint density at radius 1 is 1.16 bits per heavy atom. The van der Waals surface area contributed by atoms with Crippen molar-refractivity contribution in [3.63, 3.8) is 0 Å². The molecule has 0 bridgehead atoms. The molecule has 110 valence electrons. The van der Waals surface area contributed by atoms with Gasteiger partial charge in [-0.25, -0.2) is 0 Å². The van der Waals surface area contributed by atoms with Gasteiger partial charge in [-0.3, -0.25) is 9.59 Å². The fraction of sp³-hybridized carbons (Fsp3) is 0.867. The number of carbonyl (C=O) groups excluding carboxylic acids is 2. The first-order valence-corrected chi connectivity index (χ1v) is 7.48. The van der Waals surface area contributed by atoms with Gasteiger partial charge in [-0.2, -0.15) is 0 Å². The van der Waals surface area contributed by atoms with Crippen LogP contribution in [0, 0.1) is 5.41 Å². The second kappa shape index (κ2) is 7.51. The molecule has 0 N–H and O–H groups in total. The number of hydrogen-bond donors (Lipinski definition) is 0. The summed E-state index contributed by atoms with van der Waals surface area (Å²) in [4.78, 5) is 26.0. The highest BCUT2D eigenvalue weighted by atomic mass is 16.5. The monoisotopic (exact) mass is 269 g/mol. The maximum Gasteiger partial charge on any atom is 0.325 e. The summed E-state index contributed by atoms with van der Waals surface area (Å²) >= 11 is 0. The molecule has 0 atom stereocenters. The summed E-state index contributed by atoms with van der Waals surface area (Å²) in [7, 11) is 0. The van der Waals surface area contributed by atoms with Gasteiger partial charge in [0.2, 0.25) is 5.91 Å². The standard InChI is InChI=1S/C15H27NO3/c1-4-11-16(12-13(17)19-5-2)14(18)15(3)9-7-6-8-10-15/h4-12H2,1-3H3. The molecule has 0 radical (unpaired) electrons. The Morgan fingerprint density at radius 3 is 2.32 bits per heavy atom. The lowest BCUT2D eigenvalue weighted by molar-refractivity contribution is -0.153. The van der Waals surface area contributed by atoms with Crippen molar-refractivity contribution in [2.24, 2.45) is 5.41 Å². The first-order chi connectivity index (χ1) is 9.03. The molecular formula is C15H27NO3. The molecule has 0 heterocycles. The SMILES string of the molecule is CCCN(CC(=O)OCC)C(=O)C1(C)CCCCC1. The largest absolute Gasteiger partial charge is 0.465 e. The summed E-state index contributed by atoms with van der Waals surface area (Å²) in [6.45, 7) is 6.94. The molecule has 19 heavy (non-hydrogen) atoms. The maximum atomic E-state index is 12.7. The van der Waals surface area contributed by atoms with Crippen LogP contribution in [0.3, 0.4) is 0 Å². The Labute approximate surface area is 116 Å². The minimum absolute atomic E-state index is 0.0934. The summed E-state index contributed by atoms with van der Waals surface area (Å²) in [5.74, 6) is -0.175. The van der Waals surface area contributed by atoms with Crippen molar-refractivity contribution in [3.8, 4) is 0 Å². The summed E-state index contributed by atoms with van der Waals surface area (Å²) in [5.41, 5.74) is -0.278. The van der Waals surface area contributed by atoms with Crippen LogP contribution in [0.25, 0.3) is 0 Å². The van der Waals surface area contributed by atoms with Crippen LogP contribution in [0.15, 0.2) is 0 Å².